The maximum Gasteiger partial charge on any atom is 0.441 e. The van der Waals surface area contributed by atoms with E-state index in [2.05, 4.69) is 10.6 Å². The number of carboxylic acid groups (broad SMARTS) is 1. The van der Waals surface area contributed by atoms with Gasteiger partial charge in [-0.2, -0.15) is 13.2 Å². The van der Waals surface area contributed by atoms with Crippen LogP contribution in [0.2, 0.25) is 0 Å². The Hall–Kier alpha value is -1.12. The molecule has 2 amide bonds. The van der Waals surface area contributed by atoms with E-state index in [0.717, 1.165) is 0 Å². The van der Waals surface area contributed by atoms with Crippen LogP contribution in [0.15, 0.2) is 0 Å². The number of hydrogen-bond donors (Lipinski definition) is 3. The molecule has 1 saturated carbocycles. The van der Waals surface area contributed by atoms with E-state index in [9.17, 15) is 22.8 Å². The SMILES string of the molecule is O=C(NCCSC(F)(F)F)NCC1(C(=O)O)CC1. The number of alkyl halides is 3. The van der Waals surface area contributed by atoms with Crippen molar-refractivity contribution in [1.29, 1.82) is 0 Å². The van der Waals surface area contributed by atoms with Crippen molar-refractivity contribution >= 4 is 23.8 Å². The van der Waals surface area contributed by atoms with Gasteiger partial charge in [0.15, 0.2) is 0 Å². The Labute approximate surface area is 105 Å². The van der Waals surface area contributed by atoms with Gasteiger partial charge in [-0.25, -0.2) is 4.79 Å². The van der Waals surface area contributed by atoms with Crippen molar-refractivity contribution in [3.63, 3.8) is 0 Å². The number of hydrogen-bond acceptors (Lipinski definition) is 3. The molecule has 0 heterocycles. The number of carboxylic acids is 1. The minimum Gasteiger partial charge on any atom is -0.481 e. The van der Waals surface area contributed by atoms with E-state index >= 15 is 0 Å². The number of carbonyl (C=O) groups excluding carboxylic acids is 1. The second-order valence-corrected chi connectivity index (χ2v) is 5.15. The lowest BCUT2D eigenvalue weighted by molar-refractivity contribution is -0.143. The quantitative estimate of drug-likeness (QED) is 0.645. The number of nitrogens with one attached hydrogen (secondary N) is 2. The molecule has 3 N–H and O–H groups in total. The molecule has 1 rings (SSSR count). The Morgan fingerprint density at radius 2 is 1.89 bits per heavy atom. The molecule has 0 aromatic rings. The molecular formula is C9H13F3N2O3S. The minimum atomic E-state index is -4.31. The summed E-state index contributed by atoms with van der Waals surface area (Å²) in [5.74, 6) is -1.24. The molecule has 0 spiro atoms. The number of halogens is 3. The lowest BCUT2D eigenvalue weighted by Gasteiger charge is -2.12. The molecule has 1 fully saturated rings. The first-order valence-corrected chi connectivity index (χ1v) is 6.19. The van der Waals surface area contributed by atoms with E-state index in [1.54, 1.807) is 0 Å². The van der Waals surface area contributed by atoms with Gasteiger partial charge in [0.05, 0.1) is 5.41 Å². The molecule has 0 saturated heterocycles. The predicted molar refractivity (Wildman–Crippen MR) is 59.2 cm³/mol. The van der Waals surface area contributed by atoms with Gasteiger partial charge in [0.2, 0.25) is 0 Å². The third-order valence-corrected chi connectivity index (χ3v) is 3.28. The van der Waals surface area contributed by atoms with Gasteiger partial charge in [-0.1, -0.05) is 0 Å². The van der Waals surface area contributed by atoms with E-state index in [1.165, 1.54) is 0 Å². The van der Waals surface area contributed by atoms with Gasteiger partial charge in [-0.05, 0) is 24.6 Å². The molecule has 9 heteroatoms. The molecule has 0 aliphatic heterocycles. The van der Waals surface area contributed by atoms with Gasteiger partial charge >= 0.3 is 17.5 Å². The van der Waals surface area contributed by atoms with E-state index in [0.29, 0.717) is 12.8 Å². The zero-order chi connectivity index (χ0) is 13.8. The molecule has 0 bridgehead atoms. The maximum absolute atomic E-state index is 11.8. The molecule has 0 aromatic carbocycles. The zero-order valence-corrected chi connectivity index (χ0v) is 10.2. The summed E-state index contributed by atoms with van der Waals surface area (Å²) in [6.45, 7) is -0.128. The molecule has 0 unspecified atom stereocenters. The van der Waals surface area contributed by atoms with Crippen molar-refractivity contribution in [2.75, 3.05) is 18.8 Å². The van der Waals surface area contributed by atoms with Crippen LogP contribution in [-0.4, -0.2) is 41.5 Å². The molecule has 0 radical (unpaired) electrons. The van der Waals surface area contributed by atoms with Crippen LogP contribution in [0.5, 0.6) is 0 Å². The second-order valence-electron chi connectivity index (χ2n) is 3.99. The largest absolute Gasteiger partial charge is 0.481 e. The summed E-state index contributed by atoms with van der Waals surface area (Å²) in [5.41, 5.74) is -5.18. The summed E-state index contributed by atoms with van der Waals surface area (Å²) in [7, 11) is 0. The van der Waals surface area contributed by atoms with Crippen molar-refractivity contribution in [2.45, 2.75) is 18.3 Å². The Morgan fingerprint density at radius 1 is 1.28 bits per heavy atom. The first-order valence-electron chi connectivity index (χ1n) is 5.21. The van der Waals surface area contributed by atoms with Gasteiger partial charge in [-0.15, -0.1) is 0 Å². The summed E-state index contributed by atoms with van der Waals surface area (Å²) in [4.78, 5) is 21.9. The number of carbonyl (C=O) groups is 2. The highest BCUT2D eigenvalue weighted by Gasteiger charge is 2.50. The number of aliphatic carboxylic acids is 1. The fourth-order valence-electron chi connectivity index (χ4n) is 1.26. The van der Waals surface area contributed by atoms with Crippen LogP contribution < -0.4 is 10.6 Å². The highest BCUT2D eigenvalue weighted by molar-refractivity contribution is 8.00. The highest BCUT2D eigenvalue weighted by Crippen LogP contribution is 2.45. The smallest absolute Gasteiger partial charge is 0.441 e. The van der Waals surface area contributed by atoms with Crippen molar-refractivity contribution < 1.29 is 27.9 Å². The van der Waals surface area contributed by atoms with E-state index in [1.807, 2.05) is 0 Å². The van der Waals surface area contributed by atoms with Gasteiger partial charge in [-0.3, -0.25) is 4.79 Å². The van der Waals surface area contributed by atoms with Gasteiger partial charge < -0.3 is 15.7 Å². The fraction of sp³-hybridized carbons (Fsp3) is 0.778. The zero-order valence-electron chi connectivity index (χ0n) is 9.34. The Bertz CT molecular complexity index is 332. The lowest BCUT2D eigenvalue weighted by atomic mass is 10.1. The van der Waals surface area contributed by atoms with Crippen LogP contribution >= 0.6 is 11.8 Å². The molecule has 5 nitrogen and oxygen atoms in total. The number of amides is 2. The second kappa shape index (κ2) is 5.68. The summed E-state index contributed by atoms with van der Waals surface area (Å²) in [6.07, 6.45) is 1.01. The third kappa shape index (κ3) is 5.03. The number of urea groups is 1. The summed E-state index contributed by atoms with van der Waals surface area (Å²) in [5, 5.41) is 13.4. The summed E-state index contributed by atoms with van der Waals surface area (Å²) in [6, 6.07) is -0.648. The van der Waals surface area contributed by atoms with Gasteiger partial charge in [0.25, 0.3) is 0 Å². The Kier molecular flexibility index (Phi) is 4.71. The molecule has 1 aliphatic carbocycles. The van der Waals surface area contributed by atoms with E-state index in [4.69, 9.17) is 5.11 Å². The summed E-state index contributed by atoms with van der Waals surface area (Å²) < 4.78 is 35.3. The monoisotopic (exact) mass is 286 g/mol. The van der Waals surface area contributed by atoms with Crippen molar-refractivity contribution in [3.8, 4) is 0 Å². The van der Waals surface area contributed by atoms with E-state index in [-0.39, 0.29) is 30.6 Å². The maximum atomic E-state index is 11.8. The number of thioether (sulfide) groups is 1. The van der Waals surface area contributed by atoms with Crippen LogP contribution in [-0.2, 0) is 4.79 Å². The first kappa shape index (κ1) is 14.9. The van der Waals surface area contributed by atoms with Gasteiger partial charge in [0, 0.05) is 18.8 Å². The predicted octanol–water partition coefficient (Wildman–Crippen LogP) is 1.40. The van der Waals surface area contributed by atoms with Crippen molar-refractivity contribution in [1.82, 2.24) is 10.6 Å². The van der Waals surface area contributed by atoms with Gasteiger partial charge in [0.1, 0.15) is 0 Å². The first-order chi connectivity index (χ1) is 8.25. The van der Waals surface area contributed by atoms with Crippen molar-refractivity contribution in [3.05, 3.63) is 0 Å². The van der Waals surface area contributed by atoms with Crippen LogP contribution in [0.25, 0.3) is 0 Å². The average molecular weight is 286 g/mol. The molecule has 1 aliphatic rings. The fourth-order valence-corrected chi connectivity index (χ4v) is 1.70. The number of rotatable bonds is 6. The summed E-state index contributed by atoms with van der Waals surface area (Å²) >= 11 is -0.220. The molecule has 0 aromatic heterocycles. The topological polar surface area (TPSA) is 78.4 Å². The minimum absolute atomic E-state index is 0.000576. The van der Waals surface area contributed by atoms with Crippen LogP contribution in [0.1, 0.15) is 12.8 Å². The molecule has 18 heavy (non-hydrogen) atoms. The van der Waals surface area contributed by atoms with Crippen LogP contribution in [0, 0.1) is 5.41 Å². The molecule has 0 atom stereocenters. The van der Waals surface area contributed by atoms with Crippen LogP contribution in [0.3, 0.4) is 0 Å². The molecular weight excluding hydrogens is 273 g/mol. The standard InChI is InChI=1S/C9H13F3N2O3S/c10-9(11,12)18-4-3-13-7(17)14-5-8(1-2-8)6(15)16/h1-5H2,(H,15,16)(H2,13,14,17). The third-order valence-electron chi connectivity index (χ3n) is 2.55. The normalized spacial score (nSPS) is 17.1. The lowest BCUT2D eigenvalue weighted by Crippen LogP contribution is -2.41. The average Bonchev–Trinajstić information content (AvgIpc) is 3.01. The highest BCUT2D eigenvalue weighted by atomic mass is 32.2. The Morgan fingerprint density at radius 3 is 2.33 bits per heavy atom. The molecule has 104 valence electrons. The van der Waals surface area contributed by atoms with E-state index < -0.39 is 22.9 Å². The Balaban J connectivity index is 2.10. The van der Waals surface area contributed by atoms with Crippen LogP contribution in [0.4, 0.5) is 18.0 Å². The van der Waals surface area contributed by atoms with Crippen molar-refractivity contribution in [2.24, 2.45) is 5.41 Å².